The number of hydrogen-bond acceptors (Lipinski definition) is 10. The zero-order chi connectivity index (χ0) is 35.8. The van der Waals surface area contributed by atoms with Gasteiger partial charge in [-0.2, -0.15) is 4.57 Å². The summed E-state index contributed by atoms with van der Waals surface area (Å²) in [7, 11) is -8.78. The molecule has 0 fully saturated rings. The first-order valence-electron chi connectivity index (χ1n) is 16.4. The Kier molecular flexibility index (Phi) is 9.89. The first-order chi connectivity index (χ1) is 24.5. The van der Waals surface area contributed by atoms with E-state index in [1.165, 1.54) is 4.70 Å². The lowest BCUT2D eigenvalue weighted by molar-refractivity contribution is -0.668. The lowest BCUT2D eigenvalue weighted by atomic mass is 10.0. The third kappa shape index (κ3) is 7.96. The van der Waals surface area contributed by atoms with Crippen molar-refractivity contribution in [2.75, 3.05) is 23.0 Å². The Morgan fingerprint density at radius 2 is 1.67 bits per heavy atom. The normalized spacial score (nSPS) is 14.5. The van der Waals surface area contributed by atoms with Gasteiger partial charge in [0.1, 0.15) is 4.70 Å². The van der Waals surface area contributed by atoms with Gasteiger partial charge in [0, 0.05) is 70.7 Å². The van der Waals surface area contributed by atoms with E-state index in [0.717, 1.165) is 48.7 Å². The zero-order valence-electron chi connectivity index (χ0n) is 27.6. The van der Waals surface area contributed by atoms with Crippen LogP contribution in [0.2, 0.25) is 0 Å². The number of fused-ring (bicyclic) bond motifs is 3. The number of nitrogens with zero attached hydrogens (tertiary/aromatic N) is 3. The number of thiophene rings is 1. The van der Waals surface area contributed by atoms with Gasteiger partial charge in [0.15, 0.2) is 12.3 Å². The van der Waals surface area contributed by atoms with Crippen molar-refractivity contribution >= 4 is 75.0 Å². The summed E-state index contributed by atoms with van der Waals surface area (Å²) in [6.07, 6.45) is 8.76. The Morgan fingerprint density at radius 3 is 2.43 bits per heavy atom. The van der Waals surface area contributed by atoms with Gasteiger partial charge in [0.05, 0.1) is 31.6 Å². The van der Waals surface area contributed by atoms with Crippen LogP contribution in [0.4, 0.5) is 5.69 Å². The van der Waals surface area contributed by atoms with Gasteiger partial charge in [-0.25, -0.2) is 16.8 Å². The molecule has 1 aliphatic rings. The minimum absolute atomic E-state index is 0.116. The molecule has 0 unspecified atom stereocenters. The Balaban J connectivity index is 1.27. The second-order valence-electron chi connectivity index (χ2n) is 12.2. The van der Waals surface area contributed by atoms with Crippen LogP contribution in [0.15, 0.2) is 108 Å². The number of thiazole rings is 1. The predicted molar refractivity (Wildman–Crippen MR) is 201 cm³/mol. The van der Waals surface area contributed by atoms with Crippen LogP contribution in [0.1, 0.15) is 31.2 Å². The van der Waals surface area contributed by atoms with Crippen LogP contribution in [0.5, 0.6) is 5.75 Å². The van der Waals surface area contributed by atoms with Crippen molar-refractivity contribution in [3.63, 3.8) is 0 Å². The van der Waals surface area contributed by atoms with Crippen molar-refractivity contribution in [3.05, 3.63) is 113 Å². The molecular formula is C37H34N3O7S4-. The number of anilines is 1. The molecule has 3 aromatic heterocycles. The molecule has 1 aliphatic heterocycles. The van der Waals surface area contributed by atoms with Crippen LogP contribution < -0.4 is 14.2 Å². The van der Waals surface area contributed by atoms with E-state index in [1.807, 2.05) is 100 Å². The summed E-state index contributed by atoms with van der Waals surface area (Å²) in [4.78, 5) is 1.92. The van der Waals surface area contributed by atoms with Crippen LogP contribution in [-0.2, 0) is 26.8 Å². The lowest BCUT2D eigenvalue weighted by Crippen LogP contribution is -2.36. The van der Waals surface area contributed by atoms with Crippen molar-refractivity contribution in [1.29, 1.82) is 0 Å². The van der Waals surface area contributed by atoms with Crippen LogP contribution in [0.25, 0.3) is 43.2 Å². The topological polar surface area (TPSA) is 136 Å². The molecular weight excluding hydrogens is 727 g/mol. The van der Waals surface area contributed by atoms with Gasteiger partial charge >= 0.3 is 0 Å². The van der Waals surface area contributed by atoms with Crippen molar-refractivity contribution in [2.45, 2.75) is 32.7 Å². The average molecular weight is 761 g/mol. The van der Waals surface area contributed by atoms with Gasteiger partial charge in [0.2, 0.25) is 11.4 Å². The van der Waals surface area contributed by atoms with Gasteiger partial charge in [-0.05, 0) is 71.8 Å². The van der Waals surface area contributed by atoms with E-state index in [4.69, 9.17) is 4.74 Å². The molecule has 0 bridgehead atoms. The number of aryl methyl sites for hydroxylation is 1. The second-order valence-corrected chi connectivity index (χ2v) is 17.2. The van der Waals surface area contributed by atoms with E-state index < -0.39 is 31.7 Å². The minimum Gasteiger partial charge on any atom is -0.748 e. The molecule has 3 aromatic carbocycles. The highest BCUT2D eigenvalue weighted by molar-refractivity contribution is 7.85. The summed E-state index contributed by atoms with van der Waals surface area (Å²) in [6.45, 7) is 2.60. The Labute approximate surface area is 304 Å². The SMILES string of the molecule is CCC(/C=C1\Oc2ccc(-c3csc4ccccc34)cc2N1CCCS(=O)(=O)[O-])=C\c1sc2ccc(-n3cccc3)cc2[n+]1CCCS(=O)(=O)[O-]. The Hall–Kier alpha value is -4.31. The molecule has 4 heterocycles. The average Bonchev–Trinajstić information content (AvgIpc) is 3.89. The molecule has 0 saturated carbocycles. The van der Waals surface area contributed by atoms with Gasteiger partial charge in [-0.1, -0.05) is 42.5 Å². The number of allylic oxidation sites excluding steroid dienone is 2. The fourth-order valence-corrected chi connectivity index (χ4v) is 9.35. The molecule has 51 heavy (non-hydrogen) atoms. The molecule has 10 nitrogen and oxygen atoms in total. The summed E-state index contributed by atoms with van der Waals surface area (Å²) in [5, 5.41) is 4.14. The van der Waals surface area contributed by atoms with Gasteiger partial charge < -0.3 is 23.3 Å². The fourth-order valence-electron chi connectivity index (χ4n) is 6.26. The number of aromatic nitrogens is 2. The molecule has 14 heteroatoms. The second kappa shape index (κ2) is 14.4. The Bertz CT molecular complexity index is 2520. The summed E-state index contributed by atoms with van der Waals surface area (Å²) in [5.41, 5.74) is 5.64. The van der Waals surface area contributed by atoms with Gasteiger partial charge in [-0.3, -0.25) is 0 Å². The maximum Gasteiger partial charge on any atom is 0.263 e. The van der Waals surface area contributed by atoms with Gasteiger partial charge in [-0.15, -0.1) is 11.3 Å². The number of rotatable bonds is 13. The number of benzene rings is 3. The molecule has 0 saturated heterocycles. The van der Waals surface area contributed by atoms with E-state index in [1.54, 1.807) is 22.7 Å². The Morgan fingerprint density at radius 1 is 0.902 bits per heavy atom. The van der Waals surface area contributed by atoms with Gasteiger partial charge in [0.25, 0.3) is 5.01 Å². The number of hydrogen-bond donors (Lipinski definition) is 0. The molecule has 6 aromatic rings. The quantitative estimate of drug-likeness (QED) is 0.0887. The molecule has 264 valence electrons. The van der Waals surface area contributed by atoms with Crippen LogP contribution in [-0.4, -0.2) is 48.6 Å². The van der Waals surface area contributed by atoms with Crippen LogP contribution in [0, 0.1) is 0 Å². The summed E-state index contributed by atoms with van der Waals surface area (Å²) in [6, 6.07) is 24.2. The van der Waals surface area contributed by atoms with Crippen molar-refractivity contribution in [2.24, 2.45) is 0 Å². The van der Waals surface area contributed by atoms with E-state index in [-0.39, 0.29) is 19.4 Å². The first kappa shape index (κ1) is 35.1. The third-order valence-electron chi connectivity index (χ3n) is 8.72. The molecule has 0 N–H and O–H groups in total. The molecule has 0 atom stereocenters. The van der Waals surface area contributed by atoms with Crippen molar-refractivity contribution < 1.29 is 35.2 Å². The maximum atomic E-state index is 11.5. The maximum absolute atomic E-state index is 11.5. The predicted octanol–water partition coefficient (Wildman–Crippen LogP) is 7.27. The van der Waals surface area contributed by atoms with Crippen molar-refractivity contribution in [1.82, 2.24) is 4.57 Å². The monoisotopic (exact) mass is 760 g/mol. The standard InChI is InChI=1S/C37H35N3O7S4/c1-2-26(22-37-40(18-8-20-51(44,45)46)32-24-28(12-14-35(32)49-37)38-15-5-6-16-38)21-36-39(17-7-19-50(41,42)43)31-23-27(11-13-33(31)47-36)30-25-48-34-10-4-3-9-29(30)34/h3-6,9-16,21-25H,2,7-8,17-20H2,1H3,(H-,41,42,43,44,45,46)/p-1. The lowest BCUT2D eigenvalue weighted by Gasteiger charge is -2.19. The third-order valence-corrected chi connectivity index (χ3v) is 12.4. The van der Waals surface area contributed by atoms with Crippen molar-refractivity contribution in [3.8, 4) is 22.6 Å². The molecule has 0 amide bonds. The van der Waals surface area contributed by atoms with E-state index >= 15 is 0 Å². The summed E-state index contributed by atoms with van der Waals surface area (Å²) < 4.78 is 81.7. The summed E-state index contributed by atoms with van der Waals surface area (Å²) >= 11 is 3.23. The van der Waals surface area contributed by atoms with E-state index in [9.17, 15) is 25.9 Å². The highest BCUT2D eigenvalue weighted by atomic mass is 32.2. The smallest absolute Gasteiger partial charge is 0.263 e. The van der Waals surface area contributed by atoms with E-state index in [2.05, 4.69) is 23.6 Å². The molecule has 7 rings (SSSR count). The van der Waals surface area contributed by atoms with Crippen LogP contribution in [0.3, 0.4) is 0 Å². The summed E-state index contributed by atoms with van der Waals surface area (Å²) in [5.74, 6) is 0.168. The van der Waals surface area contributed by atoms with Crippen LogP contribution >= 0.6 is 22.7 Å². The highest BCUT2D eigenvalue weighted by Gasteiger charge is 2.28. The molecule has 0 radical (unpaired) electrons. The molecule has 0 aliphatic carbocycles. The minimum atomic E-state index is -4.41. The number of ether oxygens (including phenoxy) is 1. The first-order valence-corrected chi connectivity index (χ1v) is 21.3. The largest absolute Gasteiger partial charge is 0.748 e. The zero-order valence-corrected chi connectivity index (χ0v) is 30.9. The molecule has 0 spiro atoms. The highest BCUT2D eigenvalue weighted by Crippen LogP contribution is 2.44. The van der Waals surface area contributed by atoms with E-state index in [0.29, 0.717) is 24.6 Å². The fraction of sp³-hybridized carbons (Fsp3) is 0.216.